The third kappa shape index (κ3) is 39.1. The summed E-state index contributed by atoms with van der Waals surface area (Å²) < 4.78 is 1.75. The molecule has 0 rings (SSSR count). The van der Waals surface area contributed by atoms with Gasteiger partial charge in [-0.05, 0) is 0 Å². The molecule has 0 aromatic carbocycles. The maximum atomic E-state index is 7.88. The fourth-order valence-electron chi connectivity index (χ4n) is 0. The molecule has 3 nitrogen and oxygen atoms in total. The monoisotopic (exact) mass is 258 g/mol. The molecule has 24 valence electrons. The quantitative estimate of drug-likeness (QED) is 0.217. The second kappa shape index (κ2) is 10.2. The molecule has 0 N–H and O–H groups in total. The molecule has 4 heavy (non-hydrogen) atoms. The second-order valence-corrected chi connectivity index (χ2v) is 0.0680. The van der Waals surface area contributed by atoms with Gasteiger partial charge < -0.3 is 0 Å². The molecule has 0 aliphatic carbocycles. The van der Waals surface area contributed by atoms with Crippen LogP contribution in [0.15, 0.2) is 0 Å². The van der Waals surface area contributed by atoms with E-state index < -0.39 is 0 Å². The van der Waals surface area contributed by atoms with Crippen molar-refractivity contribution in [1.29, 1.82) is 0 Å². The second-order valence-electron chi connectivity index (χ2n) is 0.0680. The molecule has 0 aliphatic rings. The molecule has 0 spiro atoms. The first-order chi connectivity index (χ1) is 1.41. The van der Waals surface area contributed by atoms with E-state index in [0.29, 0.717) is 0 Å². The summed E-state index contributed by atoms with van der Waals surface area (Å²) in [6.07, 6.45) is 0. The third-order valence-corrected chi connectivity index (χ3v) is 0. The van der Waals surface area contributed by atoms with Crippen LogP contribution >= 0.6 is 0 Å². The first kappa shape index (κ1) is 8.85. The molecule has 0 aromatic heterocycles. The Hall–Kier alpha value is 0.322. The van der Waals surface area contributed by atoms with Crippen LogP contribution in [-0.2, 0) is 0 Å². The SMILES string of the molecule is O=[O+][O-].[PbH2]. The van der Waals surface area contributed by atoms with E-state index in [1.54, 1.807) is 4.75 Å². The van der Waals surface area contributed by atoms with Crippen molar-refractivity contribution in [2.45, 2.75) is 0 Å². The number of rotatable bonds is 0. The molecule has 0 amide bonds. The molecule has 0 atom stereocenters. The van der Waals surface area contributed by atoms with Crippen LogP contribution in [0.4, 0.5) is 0 Å². The van der Waals surface area contributed by atoms with Gasteiger partial charge in [0.1, 0.15) is 0 Å². The van der Waals surface area contributed by atoms with E-state index in [1.165, 1.54) is 0 Å². The first-order valence-electron chi connectivity index (χ1n) is 0.333. The van der Waals surface area contributed by atoms with Crippen LogP contribution in [0.5, 0.6) is 0 Å². The third-order valence-electron chi connectivity index (χ3n) is 0. The Labute approximate surface area is 42.6 Å². The zero-order valence-electron chi connectivity index (χ0n) is 1.93. The topological polar surface area (TPSA) is 51.4 Å². The van der Waals surface area contributed by atoms with E-state index in [-0.39, 0.29) is 27.3 Å². The standard InChI is InChI=1S/O3.Pb.2H/c1-3-2;;;. The summed E-state index contributed by atoms with van der Waals surface area (Å²) >= 11 is 0. The fraction of sp³-hybridized carbons (Fsp3) is 0. The predicted octanol–water partition coefficient (Wildman–Crippen LogP) is -2.04. The van der Waals surface area contributed by atoms with E-state index in [2.05, 4.69) is 0 Å². The molecule has 0 unspecified atom stereocenters. The summed E-state index contributed by atoms with van der Waals surface area (Å²) in [4.78, 5) is 7.88. The van der Waals surface area contributed by atoms with Crippen LogP contribution in [0, 0.1) is 9.71 Å². The van der Waals surface area contributed by atoms with Crippen molar-refractivity contribution < 1.29 is 5.26 Å². The minimum absolute atomic E-state index is 0. The summed E-state index contributed by atoms with van der Waals surface area (Å²) in [7, 11) is 0. The molecule has 0 heterocycles. The zero-order valence-corrected chi connectivity index (χ0v) is 7.43. The Kier molecular flexibility index (Phi) is 22.7. The van der Waals surface area contributed by atoms with Crippen molar-refractivity contribution in [3.63, 3.8) is 0 Å². The van der Waals surface area contributed by atoms with Crippen molar-refractivity contribution >= 4 is 27.3 Å². The van der Waals surface area contributed by atoms with E-state index in [9.17, 15) is 0 Å². The van der Waals surface area contributed by atoms with Gasteiger partial charge in [-0.1, -0.05) is 10.2 Å². The molecule has 0 saturated carbocycles. The molecule has 0 aromatic rings. The summed E-state index contributed by atoms with van der Waals surface area (Å²) in [5.41, 5.74) is 0. The first-order valence-corrected chi connectivity index (χ1v) is 0.333. The fourth-order valence-corrected chi connectivity index (χ4v) is 0. The van der Waals surface area contributed by atoms with Crippen molar-refractivity contribution in [1.82, 2.24) is 0 Å². The summed E-state index contributed by atoms with van der Waals surface area (Å²) in [6, 6.07) is 0. The van der Waals surface area contributed by atoms with E-state index >= 15 is 0 Å². The molecule has 0 fully saturated rings. The van der Waals surface area contributed by atoms with Gasteiger partial charge in [0.05, 0.1) is 0 Å². The molecular weight excluding hydrogens is 255 g/mol. The Bertz CT molecular complexity index is 10.8. The normalized spacial score (nSPS) is 3.00. The van der Waals surface area contributed by atoms with Crippen LogP contribution in [0.3, 0.4) is 0 Å². The van der Waals surface area contributed by atoms with Crippen LogP contribution in [0.2, 0.25) is 0 Å². The maximum absolute atomic E-state index is 7.88. The van der Waals surface area contributed by atoms with Gasteiger partial charge in [-0.15, -0.1) is 0 Å². The van der Waals surface area contributed by atoms with Crippen molar-refractivity contribution in [3.05, 3.63) is 9.71 Å². The zero-order chi connectivity index (χ0) is 2.71. The average molecular weight is 257 g/mol. The summed E-state index contributed by atoms with van der Waals surface area (Å²) in [5.74, 6) is 0. The summed E-state index contributed by atoms with van der Waals surface area (Å²) in [5, 5.41) is 7.88. The average Bonchev–Trinajstić information content (AvgIpc) is 0.918. The Morgan fingerprint density at radius 2 is 1.75 bits per heavy atom. The van der Waals surface area contributed by atoms with Crippen LogP contribution in [0.1, 0.15) is 0 Å². The Morgan fingerprint density at radius 1 is 1.75 bits per heavy atom. The van der Waals surface area contributed by atoms with Gasteiger partial charge in [-0.2, -0.15) is 0 Å². The Morgan fingerprint density at radius 3 is 1.75 bits per heavy atom. The number of hydrogen-bond donors (Lipinski definition) is 0. The van der Waals surface area contributed by atoms with Gasteiger partial charge >= 0.3 is 27.3 Å². The Balaban J connectivity index is 0. The molecule has 2 radical (unpaired) electrons. The van der Waals surface area contributed by atoms with Crippen LogP contribution < -0.4 is 5.26 Å². The van der Waals surface area contributed by atoms with Gasteiger partial charge in [0.25, 0.3) is 0 Å². The van der Waals surface area contributed by atoms with Gasteiger partial charge in [0.2, 0.25) is 0 Å². The van der Waals surface area contributed by atoms with Gasteiger partial charge in [-0.3, -0.25) is 0 Å². The van der Waals surface area contributed by atoms with Gasteiger partial charge in [0.15, 0.2) is 4.75 Å². The summed E-state index contributed by atoms with van der Waals surface area (Å²) in [6.45, 7) is 0. The molecule has 4 heteroatoms. The number of hydrogen-bond acceptors (Lipinski definition) is 2. The van der Waals surface area contributed by atoms with Gasteiger partial charge in [-0.25, -0.2) is 0 Å². The molecule has 0 aliphatic heterocycles. The van der Waals surface area contributed by atoms with E-state index in [4.69, 9.17) is 10.2 Å². The molecular formula is H2O3Pb. The predicted molar refractivity (Wildman–Crippen MR) is 15.3 cm³/mol. The van der Waals surface area contributed by atoms with Crippen molar-refractivity contribution in [2.24, 2.45) is 0 Å². The molecule has 0 bridgehead atoms. The molecule has 0 saturated heterocycles. The van der Waals surface area contributed by atoms with Crippen LogP contribution in [-0.4, -0.2) is 27.3 Å². The van der Waals surface area contributed by atoms with E-state index in [0.717, 1.165) is 0 Å². The van der Waals surface area contributed by atoms with Crippen molar-refractivity contribution in [2.75, 3.05) is 0 Å². The van der Waals surface area contributed by atoms with Gasteiger partial charge in [0, 0.05) is 0 Å². The van der Waals surface area contributed by atoms with Crippen molar-refractivity contribution in [3.8, 4) is 0 Å². The minimum atomic E-state index is 0. The van der Waals surface area contributed by atoms with Crippen LogP contribution in [0.25, 0.3) is 0 Å². The van der Waals surface area contributed by atoms with E-state index in [1.807, 2.05) is 0 Å².